The number of carbonyl (C=O) groups excluding carboxylic acids is 1. The molecule has 0 aliphatic carbocycles. The summed E-state index contributed by atoms with van der Waals surface area (Å²) in [5, 5.41) is 16.6. The molecular weight excluding hydrogens is 389 g/mol. The maximum atomic E-state index is 13.1. The van der Waals surface area contributed by atoms with Crippen molar-refractivity contribution >= 4 is 34.7 Å². The Morgan fingerprint density at radius 3 is 2.70 bits per heavy atom. The first kappa shape index (κ1) is 18.9. The molecule has 0 bridgehead atoms. The SMILES string of the molecule is N#Cc1c(CCCNC(=O)c2ccc(Cl)s2)nn(-c2ccc(F)cc2)c1N. The number of halogens is 2. The van der Waals surface area contributed by atoms with Crippen LogP contribution in [0.2, 0.25) is 4.34 Å². The number of nitrogens with zero attached hydrogens (tertiary/aromatic N) is 3. The third kappa shape index (κ3) is 4.27. The third-order valence-corrected chi connectivity index (χ3v) is 5.08. The smallest absolute Gasteiger partial charge is 0.261 e. The fourth-order valence-electron chi connectivity index (χ4n) is 2.54. The number of hydrogen-bond donors (Lipinski definition) is 2. The van der Waals surface area contributed by atoms with E-state index in [4.69, 9.17) is 17.3 Å². The fourth-order valence-corrected chi connectivity index (χ4v) is 3.49. The Morgan fingerprint density at radius 1 is 1.33 bits per heavy atom. The molecule has 0 spiro atoms. The average Bonchev–Trinajstić information content (AvgIpc) is 3.22. The van der Waals surface area contributed by atoms with Crippen LogP contribution in [0.4, 0.5) is 10.2 Å². The maximum absolute atomic E-state index is 13.1. The van der Waals surface area contributed by atoms with Crippen molar-refractivity contribution in [3.05, 3.63) is 62.7 Å². The minimum absolute atomic E-state index is 0.191. The van der Waals surface area contributed by atoms with Crippen LogP contribution < -0.4 is 11.1 Å². The van der Waals surface area contributed by atoms with Crippen molar-refractivity contribution in [2.75, 3.05) is 12.3 Å². The molecule has 1 aromatic carbocycles. The summed E-state index contributed by atoms with van der Waals surface area (Å²) < 4.78 is 15.1. The van der Waals surface area contributed by atoms with Crippen LogP contribution in [0.1, 0.15) is 27.3 Å². The van der Waals surface area contributed by atoms with E-state index in [1.807, 2.05) is 0 Å². The summed E-state index contributed by atoms with van der Waals surface area (Å²) in [5.41, 5.74) is 7.41. The van der Waals surface area contributed by atoms with Crippen LogP contribution in [-0.2, 0) is 6.42 Å². The van der Waals surface area contributed by atoms with Gasteiger partial charge in [0.25, 0.3) is 5.91 Å². The summed E-state index contributed by atoms with van der Waals surface area (Å²) in [4.78, 5) is 12.5. The van der Waals surface area contributed by atoms with Crippen LogP contribution in [0.3, 0.4) is 0 Å². The van der Waals surface area contributed by atoms with E-state index in [0.717, 1.165) is 0 Å². The zero-order valence-electron chi connectivity index (χ0n) is 14.1. The van der Waals surface area contributed by atoms with E-state index in [2.05, 4.69) is 16.5 Å². The topological polar surface area (TPSA) is 96.7 Å². The molecule has 27 heavy (non-hydrogen) atoms. The Kier molecular flexibility index (Phi) is 5.74. The number of hydrogen-bond acceptors (Lipinski definition) is 5. The Morgan fingerprint density at radius 2 is 2.07 bits per heavy atom. The first-order valence-corrected chi connectivity index (χ1v) is 9.26. The highest BCUT2D eigenvalue weighted by molar-refractivity contribution is 7.17. The van der Waals surface area contributed by atoms with Gasteiger partial charge in [-0.3, -0.25) is 4.79 Å². The van der Waals surface area contributed by atoms with Gasteiger partial charge in [0.05, 0.1) is 20.6 Å². The number of nitrogens with two attached hydrogens (primary N) is 1. The van der Waals surface area contributed by atoms with Gasteiger partial charge in [0.1, 0.15) is 23.3 Å². The highest BCUT2D eigenvalue weighted by Crippen LogP contribution is 2.22. The van der Waals surface area contributed by atoms with Crippen molar-refractivity contribution in [1.29, 1.82) is 5.26 Å². The number of benzene rings is 1. The van der Waals surface area contributed by atoms with Gasteiger partial charge in [-0.25, -0.2) is 9.07 Å². The van der Waals surface area contributed by atoms with Crippen LogP contribution in [0.25, 0.3) is 5.69 Å². The molecule has 0 saturated heterocycles. The van der Waals surface area contributed by atoms with Crippen LogP contribution in [0.5, 0.6) is 0 Å². The van der Waals surface area contributed by atoms with E-state index in [1.165, 1.54) is 40.3 Å². The molecule has 2 aromatic heterocycles. The van der Waals surface area contributed by atoms with E-state index >= 15 is 0 Å². The van der Waals surface area contributed by atoms with Gasteiger partial charge in [0.2, 0.25) is 0 Å². The molecule has 3 N–H and O–H groups in total. The van der Waals surface area contributed by atoms with Gasteiger partial charge in [-0.05, 0) is 49.2 Å². The van der Waals surface area contributed by atoms with Crippen molar-refractivity contribution in [2.45, 2.75) is 12.8 Å². The second-order valence-corrected chi connectivity index (χ2v) is 7.39. The van der Waals surface area contributed by atoms with Gasteiger partial charge in [0.15, 0.2) is 0 Å². The average molecular weight is 404 g/mol. The summed E-state index contributed by atoms with van der Waals surface area (Å²) in [6, 6.07) is 11.1. The van der Waals surface area contributed by atoms with Crippen molar-refractivity contribution in [2.24, 2.45) is 0 Å². The van der Waals surface area contributed by atoms with Crippen molar-refractivity contribution in [1.82, 2.24) is 15.1 Å². The molecule has 2 heterocycles. The first-order valence-electron chi connectivity index (χ1n) is 8.06. The number of nitrogen functional groups attached to an aromatic ring is 1. The van der Waals surface area contributed by atoms with E-state index in [9.17, 15) is 14.4 Å². The molecule has 3 rings (SSSR count). The Balaban J connectivity index is 1.65. The van der Waals surface area contributed by atoms with E-state index in [1.54, 1.807) is 12.1 Å². The number of aryl methyl sites for hydroxylation is 1. The highest BCUT2D eigenvalue weighted by Gasteiger charge is 2.16. The zero-order chi connectivity index (χ0) is 19.4. The fraction of sp³-hybridized carbons (Fsp3) is 0.167. The number of carbonyl (C=O) groups is 1. The molecule has 0 radical (unpaired) electrons. The predicted octanol–water partition coefficient (Wildman–Crippen LogP) is 3.54. The van der Waals surface area contributed by atoms with Gasteiger partial charge < -0.3 is 11.1 Å². The molecule has 0 unspecified atom stereocenters. The monoisotopic (exact) mass is 403 g/mol. The van der Waals surface area contributed by atoms with Gasteiger partial charge in [-0.15, -0.1) is 11.3 Å². The maximum Gasteiger partial charge on any atom is 0.261 e. The van der Waals surface area contributed by atoms with E-state index in [0.29, 0.717) is 40.0 Å². The zero-order valence-corrected chi connectivity index (χ0v) is 15.6. The Bertz CT molecular complexity index is 1010. The first-order chi connectivity index (χ1) is 13.0. The van der Waals surface area contributed by atoms with Crippen LogP contribution in [0.15, 0.2) is 36.4 Å². The summed E-state index contributed by atoms with van der Waals surface area (Å²) in [7, 11) is 0. The second-order valence-electron chi connectivity index (χ2n) is 5.67. The number of amides is 1. The second kappa shape index (κ2) is 8.20. The highest BCUT2D eigenvalue weighted by atomic mass is 35.5. The Labute approximate surface area is 164 Å². The van der Waals surface area contributed by atoms with Gasteiger partial charge in [-0.1, -0.05) is 11.6 Å². The summed E-state index contributed by atoms with van der Waals surface area (Å²) in [5.74, 6) is -0.354. The molecule has 1 amide bonds. The number of rotatable bonds is 6. The molecular formula is C18H15ClFN5OS. The third-order valence-electron chi connectivity index (χ3n) is 3.85. The van der Waals surface area contributed by atoms with Gasteiger partial charge in [0, 0.05) is 6.54 Å². The van der Waals surface area contributed by atoms with Crippen LogP contribution in [0, 0.1) is 17.1 Å². The largest absolute Gasteiger partial charge is 0.382 e. The summed E-state index contributed by atoms with van der Waals surface area (Å²) in [6.45, 7) is 0.419. The molecule has 3 aromatic rings. The van der Waals surface area contributed by atoms with Gasteiger partial charge in [-0.2, -0.15) is 10.4 Å². The Hall–Kier alpha value is -2.89. The van der Waals surface area contributed by atoms with Gasteiger partial charge >= 0.3 is 0 Å². The summed E-state index contributed by atoms with van der Waals surface area (Å²) >= 11 is 7.03. The standard InChI is InChI=1S/C18H15ClFN5OS/c19-16-8-7-15(27-16)18(26)23-9-1-2-14-13(10-21)17(22)25(24-14)12-5-3-11(20)4-6-12/h3-8H,1-2,9,22H2,(H,23,26). The molecule has 0 aliphatic rings. The normalized spacial score (nSPS) is 10.6. The van der Waals surface area contributed by atoms with Crippen LogP contribution >= 0.6 is 22.9 Å². The summed E-state index contributed by atoms with van der Waals surface area (Å²) in [6.07, 6.45) is 1.05. The number of aromatic nitrogens is 2. The van der Waals surface area contributed by atoms with Crippen molar-refractivity contribution in [3.63, 3.8) is 0 Å². The lowest BCUT2D eigenvalue weighted by Crippen LogP contribution is -2.23. The molecule has 0 fully saturated rings. The molecule has 6 nitrogen and oxygen atoms in total. The lowest BCUT2D eigenvalue weighted by Gasteiger charge is -2.03. The predicted molar refractivity (Wildman–Crippen MR) is 103 cm³/mol. The van der Waals surface area contributed by atoms with E-state index < -0.39 is 0 Å². The molecule has 9 heteroatoms. The van der Waals surface area contributed by atoms with Crippen molar-refractivity contribution < 1.29 is 9.18 Å². The number of nitriles is 1. The molecule has 0 saturated carbocycles. The van der Waals surface area contributed by atoms with Crippen molar-refractivity contribution in [3.8, 4) is 11.8 Å². The lowest BCUT2D eigenvalue weighted by atomic mass is 10.1. The lowest BCUT2D eigenvalue weighted by molar-refractivity contribution is 0.0957. The number of thiophene rings is 1. The molecule has 138 valence electrons. The minimum Gasteiger partial charge on any atom is -0.382 e. The quantitative estimate of drug-likeness (QED) is 0.615. The minimum atomic E-state index is -0.368. The van der Waals surface area contributed by atoms with Crippen LogP contribution in [-0.4, -0.2) is 22.2 Å². The number of nitrogens with one attached hydrogen (secondary N) is 1. The molecule has 0 atom stereocenters. The van der Waals surface area contributed by atoms with E-state index in [-0.39, 0.29) is 23.1 Å². The molecule has 0 aliphatic heterocycles. The number of anilines is 1.